The van der Waals surface area contributed by atoms with Crippen LogP contribution in [0.25, 0.3) is 0 Å². The summed E-state index contributed by atoms with van der Waals surface area (Å²) in [5.41, 5.74) is 6.86. The van der Waals surface area contributed by atoms with Crippen molar-refractivity contribution in [2.75, 3.05) is 5.32 Å². The van der Waals surface area contributed by atoms with Gasteiger partial charge in [0.25, 0.3) is 5.91 Å². The molecule has 0 spiro atoms. The van der Waals surface area contributed by atoms with E-state index in [-0.39, 0.29) is 11.5 Å². The summed E-state index contributed by atoms with van der Waals surface area (Å²) in [7, 11) is 0. The first-order valence-corrected chi connectivity index (χ1v) is 8.61. The summed E-state index contributed by atoms with van der Waals surface area (Å²) in [4.78, 5) is 28.7. The van der Waals surface area contributed by atoms with Crippen molar-refractivity contribution in [1.29, 1.82) is 0 Å². The largest absolute Gasteiger partial charge is 0.366 e. The van der Waals surface area contributed by atoms with E-state index in [9.17, 15) is 9.59 Å². The Bertz CT molecular complexity index is 939. The molecule has 2 aromatic carbocycles. The molecular formula is C18H14ClN3O2S. The average molecular weight is 372 g/mol. The molecule has 0 bridgehead atoms. The third-order valence-corrected chi connectivity index (χ3v) is 4.79. The first kappa shape index (κ1) is 17.1. The fraction of sp³-hybridized carbons (Fsp3) is 0.0556. The van der Waals surface area contributed by atoms with Crippen molar-refractivity contribution in [2.45, 2.75) is 6.42 Å². The molecule has 3 rings (SSSR count). The number of hydrogen-bond acceptors (Lipinski definition) is 4. The Kier molecular flexibility index (Phi) is 5.11. The fourth-order valence-electron chi connectivity index (χ4n) is 2.26. The van der Waals surface area contributed by atoms with E-state index in [1.165, 1.54) is 17.4 Å². The lowest BCUT2D eigenvalue weighted by Gasteiger charge is -2.03. The third kappa shape index (κ3) is 4.23. The number of anilines is 1. The highest BCUT2D eigenvalue weighted by molar-refractivity contribution is 7.15. The summed E-state index contributed by atoms with van der Waals surface area (Å²) in [6, 6.07) is 13.8. The van der Waals surface area contributed by atoms with Gasteiger partial charge >= 0.3 is 0 Å². The van der Waals surface area contributed by atoms with Gasteiger partial charge in [0.2, 0.25) is 5.91 Å². The van der Waals surface area contributed by atoms with Crippen LogP contribution in [0.15, 0.2) is 54.7 Å². The molecule has 25 heavy (non-hydrogen) atoms. The van der Waals surface area contributed by atoms with Gasteiger partial charge in [0, 0.05) is 33.6 Å². The molecule has 0 radical (unpaired) electrons. The molecule has 0 fully saturated rings. The molecule has 0 aliphatic carbocycles. The Morgan fingerprint density at radius 3 is 2.64 bits per heavy atom. The Balaban J connectivity index is 1.71. The van der Waals surface area contributed by atoms with Gasteiger partial charge in [-0.3, -0.25) is 14.9 Å². The van der Waals surface area contributed by atoms with Crippen LogP contribution < -0.4 is 11.1 Å². The summed E-state index contributed by atoms with van der Waals surface area (Å²) in [5, 5.41) is 3.91. The lowest BCUT2D eigenvalue weighted by Crippen LogP contribution is -2.15. The maximum atomic E-state index is 12.3. The van der Waals surface area contributed by atoms with Crippen LogP contribution in [0.2, 0.25) is 5.02 Å². The van der Waals surface area contributed by atoms with Crippen LogP contribution in [0.1, 0.15) is 31.2 Å². The van der Waals surface area contributed by atoms with E-state index >= 15 is 0 Å². The van der Waals surface area contributed by atoms with Crippen molar-refractivity contribution in [1.82, 2.24) is 4.98 Å². The molecule has 3 aromatic rings. The van der Waals surface area contributed by atoms with E-state index in [0.29, 0.717) is 22.1 Å². The number of nitrogens with two attached hydrogens (primary N) is 1. The molecule has 0 saturated carbocycles. The van der Waals surface area contributed by atoms with Crippen molar-refractivity contribution < 1.29 is 9.59 Å². The minimum Gasteiger partial charge on any atom is -0.366 e. The van der Waals surface area contributed by atoms with Gasteiger partial charge in [0.15, 0.2) is 5.13 Å². The van der Waals surface area contributed by atoms with Gasteiger partial charge < -0.3 is 5.73 Å². The van der Waals surface area contributed by atoms with Gasteiger partial charge in [0.05, 0.1) is 0 Å². The minimum atomic E-state index is -0.578. The highest BCUT2D eigenvalue weighted by Crippen LogP contribution is 2.25. The minimum absolute atomic E-state index is 0.284. The summed E-state index contributed by atoms with van der Waals surface area (Å²) in [6.07, 6.45) is 2.35. The molecular weight excluding hydrogens is 358 g/mol. The van der Waals surface area contributed by atoms with Crippen molar-refractivity contribution >= 4 is 39.9 Å². The smallest absolute Gasteiger partial charge is 0.257 e. The second-order valence-corrected chi connectivity index (χ2v) is 6.82. The number of halogens is 1. The van der Waals surface area contributed by atoms with Gasteiger partial charge in [-0.1, -0.05) is 35.9 Å². The summed E-state index contributed by atoms with van der Waals surface area (Å²) >= 11 is 7.54. The lowest BCUT2D eigenvalue weighted by atomic mass is 10.1. The van der Waals surface area contributed by atoms with E-state index in [1.807, 2.05) is 24.3 Å². The average Bonchev–Trinajstić information content (AvgIpc) is 3.04. The number of thiazole rings is 1. The van der Waals surface area contributed by atoms with Crippen molar-refractivity contribution in [3.8, 4) is 0 Å². The molecule has 0 atom stereocenters. The van der Waals surface area contributed by atoms with Gasteiger partial charge in [0.1, 0.15) is 0 Å². The summed E-state index contributed by atoms with van der Waals surface area (Å²) < 4.78 is 0. The van der Waals surface area contributed by atoms with Gasteiger partial charge in [-0.25, -0.2) is 4.98 Å². The molecule has 7 heteroatoms. The van der Waals surface area contributed by atoms with Crippen molar-refractivity contribution in [3.63, 3.8) is 0 Å². The van der Waals surface area contributed by atoms with Crippen LogP contribution in [0, 0.1) is 0 Å². The number of hydrogen-bond donors (Lipinski definition) is 2. The SMILES string of the molecule is NC(=O)c1cccc(C(=O)Nc2ncc(Cc3ccccc3Cl)s2)c1. The quantitative estimate of drug-likeness (QED) is 0.716. The number of rotatable bonds is 5. The number of benzene rings is 2. The monoisotopic (exact) mass is 371 g/mol. The molecule has 3 N–H and O–H groups in total. The fourth-order valence-corrected chi connectivity index (χ4v) is 3.29. The van der Waals surface area contributed by atoms with Crippen LogP contribution >= 0.6 is 22.9 Å². The molecule has 0 saturated heterocycles. The number of amides is 2. The number of carbonyl (C=O) groups is 2. The second-order valence-electron chi connectivity index (χ2n) is 5.30. The predicted molar refractivity (Wildman–Crippen MR) is 99.3 cm³/mol. The molecule has 0 aliphatic heterocycles. The number of nitrogens with one attached hydrogen (secondary N) is 1. The zero-order chi connectivity index (χ0) is 17.8. The van der Waals surface area contributed by atoms with Gasteiger partial charge in [-0.05, 0) is 29.8 Å². The number of carbonyl (C=O) groups excluding carboxylic acids is 2. The Labute approximate surface area is 153 Å². The van der Waals surface area contributed by atoms with Crippen LogP contribution in [-0.2, 0) is 6.42 Å². The van der Waals surface area contributed by atoms with E-state index in [2.05, 4.69) is 10.3 Å². The van der Waals surface area contributed by atoms with E-state index in [0.717, 1.165) is 10.4 Å². The van der Waals surface area contributed by atoms with Crippen LogP contribution in [0.3, 0.4) is 0 Å². The Morgan fingerprint density at radius 2 is 1.88 bits per heavy atom. The van der Waals surface area contributed by atoms with E-state index in [4.69, 9.17) is 17.3 Å². The summed E-state index contributed by atoms with van der Waals surface area (Å²) in [6.45, 7) is 0. The lowest BCUT2D eigenvalue weighted by molar-refractivity contribution is 0.1000. The van der Waals surface area contributed by atoms with Gasteiger partial charge in [-0.15, -0.1) is 11.3 Å². The van der Waals surface area contributed by atoms with Crippen LogP contribution in [0.4, 0.5) is 5.13 Å². The maximum Gasteiger partial charge on any atom is 0.257 e. The number of primary amides is 1. The second kappa shape index (κ2) is 7.46. The standard InChI is InChI=1S/C18H14ClN3O2S/c19-15-7-2-1-4-11(15)9-14-10-21-18(25-14)22-17(24)13-6-3-5-12(8-13)16(20)23/h1-8,10H,9H2,(H2,20,23)(H,21,22,24). The third-order valence-electron chi connectivity index (χ3n) is 3.51. The summed E-state index contributed by atoms with van der Waals surface area (Å²) in [5.74, 6) is -0.923. The molecule has 2 amide bonds. The normalized spacial score (nSPS) is 10.4. The molecule has 126 valence electrons. The Hall–Kier alpha value is -2.70. The topological polar surface area (TPSA) is 85.1 Å². The van der Waals surface area contributed by atoms with Crippen LogP contribution in [-0.4, -0.2) is 16.8 Å². The van der Waals surface area contributed by atoms with Crippen molar-refractivity contribution in [2.24, 2.45) is 5.73 Å². The molecule has 0 aliphatic rings. The maximum absolute atomic E-state index is 12.3. The molecule has 1 aromatic heterocycles. The predicted octanol–water partition coefficient (Wildman–Crippen LogP) is 3.74. The number of aromatic nitrogens is 1. The molecule has 0 unspecified atom stereocenters. The first-order valence-electron chi connectivity index (χ1n) is 7.42. The number of nitrogens with zero attached hydrogens (tertiary/aromatic N) is 1. The van der Waals surface area contributed by atoms with E-state index in [1.54, 1.807) is 24.4 Å². The molecule has 5 nitrogen and oxygen atoms in total. The van der Waals surface area contributed by atoms with E-state index < -0.39 is 5.91 Å². The zero-order valence-electron chi connectivity index (χ0n) is 13.0. The van der Waals surface area contributed by atoms with Gasteiger partial charge in [-0.2, -0.15) is 0 Å². The highest BCUT2D eigenvalue weighted by atomic mass is 35.5. The Morgan fingerprint density at radius 1 is 1.12 bits per heavy atom. The first-order chi connectivity index (χ1) is 12.0. The zero-order valence-corrected chi connectivity index (χ0v) is 14.6. The molecule has 1 heterocycles. The highest BCUT2D eigenvalue weighted by Gasteiger charge is 2.12. The van der Waals surface area contributed by atoms with Crippen molar-refractivity contribution in [3.05, 3.63) is 81.3 Å². The van der Waals surface area contributed by atoms with Crippen LogP contribution in [0.5, 0.6) is 0 Å².